The number of sulfonamides is 1. The monoisotopic (exact) mass is 366 g/mol. The lowest BCUT2D eigenvalue weighted by atomic mass is 9.98. The average molecular weight is 367 g/mol. The molecule has 7 heteroatoms. The zero-order chi connectivity index (χ0) is 17.6. The van der Waals surface area contributed by atoms with Gasteiger partial charge in [-0.05, 0) is 30.0 Å². The minimum Gasteiger partial charge on any atom is -0.351 e. The Morgan fingerprint density at radius 1 is 1.17 bits per heavy atom. The number of rotatable bonds is 8. The summed E-state index contributed by atoms with van der Waals surface area (Å²) in [5.41, 5.74) is 1.20. The van der Waals surface area contributed by atoms with E-state index in [2.05, 4.69) is 17.0 Å². The van der Waals surface area contributed by atoms with Crippen molar-refractivity contribution in [2.45, 2.75) is 36.9 Å². The average Bonchev–Trinajstić information content (AvgIpc) is 3.03. The normalized spacial score (nSPS) is 12.8. The molecule has 2 rings (SSSR count). The highest BCUT2D eigenvalue weighted by atomic mass is 32.2. The first-order valence-electron chi connectivity index (χ1n) is 7.76. The van der Waals surface area contributed by atoms with Crippen LogP contribution in [0.5, 0.6) is 0 Å². The summed E-state index contributed by atoms with van der Waals surface area (Å²) < 4.78 is 27.6. The molecule has 130 valence electrons. The molecule has 2 aromatic rings. The SMILES string of the molecule is CC(=O)NCc1ccc(S(=O)(=O)NCC[C@H](C)c2ccccc2)s1. The molecule has 0 spiro atoms. The number of carbonyl (C=O) groups excluding carboxylic acids is 1. The third-order valence-electron chi connectivity index (χ3n) is 3.65. The number of thiophene rings is 1. The standard InChI is InChI=1S/C17H22N2O3S2/c1-13(15-6-4-3-5-7-15)10-11-19-24(21,22)17-9-8-16(23-17)12-18-14(2)20/h3-9,13,19H,10-12H2,1-2H3,(H,18,20)/t13-/m0/s1. The van der Waals surface area contributed by atoms with Crippen molar-refractivity contribution in [1.29, 1.82) is 0 Å². The highest BCUT2D eigenvalue weighted by Gasteiger charge is 2.17. The third kappa shape index (κ3) is 5.43. The van der Waals surface area contributed by atoms with Gasteiger partial charge in [0.05, 0.1) is 6.54 Å². The van der Waals surface area contributed by atoms with Gasteiger partial charge in [0.1, 0.15) is 4.21 Å². The Bertz CT molecular complexity index is 770. The largest absolute Gasteiger partial charge is 0.351 e. The number of amides is 1. The highest BCUT2D eigenvalue weighted by Crippen LogP contribution is 2.22. The van der Waals surface area contributed by atoms with Gasteiger partial charge in [0.15, 0.2) is 0 Å². The van der Waals surface area contributed by atoms with Crippen LogP contribution in [-0.2, 0) is 21.4 Å². The van der Waals surface area contributed by atoms with E-state index in [4.69, 9.17) is 0 Å². The van der Waals surface area contributed by atoms with Gasteiger partial charge in [-0.15, -0.1) is 11.3 Å². The van der Waals surface area contributed by atoms with Crippen LogP contribution in [0.2, 0.25) is 0 Å². The predicted octanol–water partition coefficient (Wildman–Crippen LogP) is 2.86. The van der Waals surface area contributed by atoms with Gasteiger partial charge in [-0.1, -0.05) is 37.3 Å². The van der Waals surface area contributed by atoms with Crippen molar-refractivity contribution in [1.82, 2.24) is 10.0 Å². The summed E-state index contributed by atoms with van der Waals surface area (Å²) in [5, 5.41) is 2.66. The Balaban J connectivity index is 1.88. The number of benzene rings is 1. The predicted molar refractivity (Wildman–Crippen MR) is 96.5 cm³/mol. The van der Waals surface area contributed by atoms with E-state index in [1.807, 2.05) is 30.3 Å². The summed E-state index contributed by atoms with van der Waals surface area (Å²) in [4.78, 5) is 11.7. The minimum absolute atomic E-state index is 0.138. The van der Waals surface area contributed by atoms with E-state index >= 15 is 0 Å². The van der Waals surface area contributed by atoms with Gasteiger partial charge in [-0.3, -0.25) is 4.79 Å². The van der Waals surface area contributed by atoms with Gasteiger partial charge >= 0.3 is 0 Å². The first-order valence-corrected chi connectivity index (χ1v) is 10.1. The van der Waals surface area contributed by atoms with Crippen LogP contribution in [0.3, 0.4) is 0 Å². The second-order valence-electron chi connectivity index (χ2n) is 5.63. The fourth-order valence-electron chi connectivity index (χ4n) is 2.24. The van der Waals surface area contributed by atoms with E-state index in [-0.39, 0.29) is 16.0 Å². The second kappa shape index (κ2) is 8.41. The lowest BCUT2D eigenvalue weighted by Crippen LogP contribution is -2.25. The Morgan fingerprint density at radius 2 is 1.88 bits per heavy atom. The number of hydrogen-bond donors (Lipinski definition) is 2. The van der Waals surface area contributed by atoms with Crippen LogP contribution in [0.25, 0.3) is 0 Å². The van der Waals surface area contributed by atoms with Gasteiger partial charge in [-0.25, -0.2) is 13.1 Å². The topological polar surface area (TPSA) is 75.3 Å². The molecular formula is C17H22N2O3S2. The maximum absolute atomic E-state index is 12.3. The molecule has 0 bridgehead atoms. The molecule has 2 N–H and O–H groups in total. The number of hydrogen-bond acceptors (Lipinski definition) is 4. The zero-order valence-electron chi connectivity index (χ0n) is 13.8. The van der Waals surface area contributed by atoms with E-state index in [1.165, 1.54) is 23.8 Å². The lowest BCUT2D eigenvalue weighted by Gasteiger charge is -2.12. The Labute approximate surface area is 147 Å². The molecule has 1 heterocycles. The van der Waals surface area contributed by atoms with Crippen LogP contribution < -0.4 is 10.0 Å². The first kappa shape index (κ1) is 18.6. The van der Waals surface area contributed by atoms with Crippen LogP contribution in [0.15, 0.2) is 46.7 Å². The summed E-state index contributed by atoms with van der Waals surface area (Å²) in [5.74, 6) is 0.147. The maximum Gasteiger partial charge on any atom is 0.250 e. The molecule has 0 aliphatic rings. The summed E-state index contributed by atoms with van der Waals surface area (Å²) in [7, 11) is -3.50. The van der Waals surface area contributed by atoms with E-state index in [1.54, 1.807) is 12.1 Å². The molecule has 1 aromatic heterocycles. The molecule has 0 saturated carbocycles. The minimum atomic E-state index is -3.50. The van der Waals surface area contributed by atoms with Gasteiger partial charge in [0.2, 0.25) is 15.9 Å². The molecular weight excluding hydrogens is 344 g/mol. The summed E-state index contributed by atoms with van der Waals surface area (Å²) in [6.07, 6.45) is 0.730. The smallest absolute Gasteiger partial charge is 0.250 e. The van der Waals surface area contributed by atoms with Crippen molar-refractivity contribution < 1.29 is 13.2 Å². The first-order chi connectivity index (χ1) is 11.4. The van der Waals surface area contributed by atoms with Gasteiger partial charge < -0.3 is 5.32 Å². The third-order valence-corrected chi connectivity index (χ3v) is 6.69. The molecule has 1 atom stereocenters. The molecule has 5 nitrogen and oxygen atoms in total. The summed E-state index contributed by atoms with van der Waals surface area (Å²) in [6, 6.07) is 13.3. The molecule has 24 heavy (non-hydrogen) atoms. The van der Waals surface area contributed by atoms with Crippen molar-refractivity contribution in [3.63, 3.8) is 0 Å². The van der Waals surface area contributed by atoms with Gasteiger partial charge in [-0.2, -0.15) is 0 Å². The lowest BCUT2D eigenvalue weighted by molar-refractivity contribution is -0.119. The number of nitrogens with one attached hydrogen (secondary N) is 2. The van der Waals surface area contributed by atoms with Crippen LogP contribution >= 0.6 is 11.3 Å². The van der Waals surface area contributed by atoms with Crippen LogP contribution in [0.1, 0.15) is 36.6 Å². The fourth-order valence-corrected chi connectivity index (χ4v) is 4.63. The summed E-state index contributed by atoms with van der Waals surface area (Å²) in [6.45, 7) is 4.25. The maximum atomic E-state index is 12.3. The van der Waals surface area contributed by atoms with E-state index in [9.17, 15) is 13.2 Å². The second-order valence-corrected chi connectivity index (χ2v) is 8.79. The van der Waals surface area contributed by atoms with Crippen molar-refractivity contribution in [2.24, 2.45) is 0 Å². The highest BCUT2D eigenvalue weighted by molar-refractivity contribution is 7.91. The quantitative estimate of drug-likeness (QED) is 0.754. The Hall–Kier alpha value is -1.70. The molecule has 0 unspecified atom stereocenters. The van der Waals surface area contributed by atoms with Crippen LogP contribution in [0.4, 0.5) is 0 Å². The van der Waals surface area contributed by atoms with Gasteiger partial charge in [0.25, 0.3) is 0 Å². The molecule has 0 aliphatic carbocycles. The van der Waals surface area contributed by atoms with Gasteiger partial charge in [0, 0.05) is 18.3 Å². The van der Waals surface area contributed by atoms with Crippen molar-refractivity contribution in [3.8, 4) is 0 Å². The van der Waals surface area contributed by atoms with Crippen molar-refractivity contribution in [3.05, 3.63) is 52.9 Å². The van der Waals surface area contributed by atoms with E-state index in [0.29, 0.717) is 13.1 Å². The molecule has 0 radical (unpaired) electrons. The van der Waals surface area contributed by atoms with Crippen LogP contribution in [-0.4, -0.2) is 20.9 Å². The van der Waals surface area contributed by atoms with Crippen LogP contribution in [0, 0.1) is 0 Å². The van der Waals surface area contributed by atoms with Crippen molar-refractivity contribution in [2.75, 3.05) is 6.54 Å². The van der Waals surface area contributed by atoms with E-state index < -0.39 is 10.0 Å². The van der Waals surface area contributed by atoms with E-state index in [0.717, 1.165) is 11.3 Å². The fraction of sp³-hybridized carbons (Fsp3) is 0.353. The Kier molecular flexibility index (Phi) is 6.53. The number of carbonyl (C=O) groups is 1. The molecule has 1 aromatic carbocycles. The zero-order valence-corrected chi connectivity index (χ0v) is 15.4. The molecule has 0 saturated heterocycles. The molecule has 0 fully saturated rings. The summed E-state index contributed by atoms with van der Waals surface area (Å²) >= 11 is 1.17. The molecule has 0 aliphatic heterocycles. The Morgan fingerprint density at radius 3 is 2.54 bits per heavy atom. The molecule has 1 amide bonds. The van der Waals surface area contributed by atoms with Crippen molar-refractivity contribution >= 4 is 27.3 Å².